The Labute approximate surface area is 99.2 Å². The number of halogens is 4. The molecule has 1 unspecified atom stereocenters. The van der Waals surface area contributed by atoms with Crippen LogP contribution in [0, 0.1) is 0 Å². The van der Waals surface area contributed by atoms with Crippen molar-refractivity contribution in [3.8, 4) is 0 Å². The summed E-state index contributed by atoms with van der Waals surface area (Å²) in [5.74, 6) is 0. The molecule has 0 fully saturated rings. The van der Waals surface area contributed by atoms with Crippen molar-refractivity contribution >= 4 is 27.5 Å². The number of aliphatic hydroxyl groups excluding tert-OH is 1. The van der Waals surface area contributed by atoms with E-state index in [0.717, 1.165) is 0 Å². The zero-order chi connectivity index (χ0) is 11.8. The lowest BCUT2D eigenvalue weighted by Crippen LogP contribution is -2.23. The predicted molar refractivity (Wildman–Crippen MR) is 56.1 cm³/mol. The second-order valence-electron chi connectivity index (χ2n) is 3.36. The van der Waals surface area contributed by atoms with E-state index in [2.05, 4.69) is 21.0 Å². The number of nitrogens with zero attached hydrogens (tertiary/aromatic N) is 2. The number of hydrogen-bond donors (Lipinski definition) is 1. The van der Waals surface area contributed by atoms with Crippen molar-refractivity contribution in [1.82, 2.24) is 9.78 Å². The van der Waals surface area contributed by atoms with Gasteiger partial charge >= 0.3 is 5.38 Å². The maximum atomic E-state index is 12.8. The highest BCUT2D eigenvalue weighted by atomic mass is 79.9. The van der Waals surface area contributed by atoms with Gasteiger partial charge in [-0.3, -0.25) is 4.68 Å². The fraction of sp³-hybridized carbons (Fsp3) is 0.625. The van der Waals surface area contributed by atoms with Crippen LogP contribution in [0.3, 0.4) is 0 Å². The molecule has 0 saturated heterocycles. The quantitative estimate of drug-likeness (QED) is 0.871. The van der Waals surface area contributed by atoms with Crippen molar-refractivity contribution in [2.45, 2.75) is 31.4 Å². The minimum Gasteiger partial charge on any atom is -0.379 e. The lowest BCUT2D eigenvalue weighted by molar-refractivity contribution is -0.0475. The molecule has 0 aliphatic carbocycles. The van der Waals surface area contributed by atoms with Gasteiger partial charge in [0, 0.05) is 6.04 Å². The third-order valence-corrected chi connectivity index (χ3v) is 2.66. The summed E-state index contributed by atoms with van der Waals surface area (Å²) in [4.78, 5) is 0. The molecule has 7 heteroatoms. The molecule has 1 rings (SSSR count). The van der Waals surface area contributed by atoms with Gasteiger partial charge < -0.3 is 5.11 Å². The van der Waals surface area contributed by atoms with Gasteiger partial charge in [0.1, 0.15) is 0 Å². The fourth-order valence-corrected chi connectivity index (χ4v) is 1.77. The maximum absolute atomic E-state index is 12.8. The second kappa shape index (κ2) is 4.35. The molecule has 0 aromatic carbocycles. The van der Waals surface area contributed by atoms with Crippen LogP contribution in [-0.2, 0) is 0 Å². The Morgan fingerprint density at radius 2 is 2.13 bits per heavy atom. The van der Waals surface area contributed by atoms with Gasteiger partial charge in [-0.05, 0) is 41.4 Å². The number of hydrogen-bond acceptors (Lipinski definition) is 2. The molecule has 0 spiro atoms. The van der Waals surface area contributed by atoms with Crippen LogP contribution >= 0.6 is 27.5 Å². The Morgan fingerprint density at radius 3 is 2.53 bits per heavy atom. The summed E-state index contributed by atoms with van der Waals surface area (Å²) in [7, 11) is 0. The van der Waals surface area contributed by atoms with Gasteiger partial charge in [0.2, 0.25) is 0 Å². The molecule has 0 amide bonds. The van der Waals surface area contributed by atoms with Crippen molar-refractivity contribution < 1.29 is 13.9 Å². The average molecular weight is 304 g/mol. The standard InChI is InChI=1S/C8H10BrClF2N2O/c1-4(2)14-6(5(9)3-13-14)7(15)8(10,11)12/h3-4,7,15H,1-2H3. The summed E-state index contributed by atoms with van der Waals surface area (Å²) in [6.45, 7) is 3.53. The van der Waals surface area contributed by atoms with Crippen LogP contribution in [0.15, 0.2) is 10.7 Å². The Bertz CT molecular complexity index is 351. The number of aromatic nitrogens is 2. The van der Waals surface area contributed by atoms with Gasteiger partial charge in [-0.1, -0.05) is 0 Å². The van der Waals surface area contributed by atoms with Crippen molar-refractivity contribution in [3.05, 3.63) is 16.4 Å². The van der Waals surface area contributed by atoms with E-state index >= 15 is 0 Å². The fourth-order valence-electron chi connectivity index (χ4n) is 1.17. The third-order valence-electron chi connectivity index (χ3n) is 1.85. The zero-order valence-electron chi connectivity index (χ0n) is 8.09. The first-order chi connectivity index (χ1) is 6.75. The average Bonchev–Trinajstić information content (AvgIpc) is 2.44. The highest BCUT2D eigenvalue weighted by Gasteiger charge is 2.40. The van der Waals surface area contributed by atoms with Crippen LogP contribution in [0.4, 0.5) is 8.78 Å². The lowest BCUT2D eigenvalue weighted by atomic mass is 10.2. The Hall–Kier alpha value is -0.200. The topological polar surface area (TPSA) is 38.0 Å². The van der Waals surface area contributed by atoms with Crippen LogP contribution in [0.25, 0.3) is 0 Å². The first kappa shape index (κ1) is 12.9. The number of rotatable bonds is 3. The molecule has 0 saturated carbocycles. The van der Waals surface area contributed by atoms with Crippen molar-refractivity contribution in [3.63, 3.8) is 0 Å². The van der Waals surface area contributed by atoms with Crippen LogP contribution in [-0.4, -0.2) is 20.3 Å². The second-order valence-corrected chi connectivity index (χ2v) is 4.72. The maximum Gasteiger partial charge on any atom is 0.352 e. The molecule has 1 atom stereocenters. The van der Waals surface area contributed by atoms with E-state index in [4.69, 9.17) is 11.6 Å². The summed E-state index contributed by atoms with van der Waals surface area (Å²) in [6, 6.07) is -0.139. The Balaban J connectivity index is 3.18. The van der Waals surface area contributed by atoms with Crippen LogP contribution < -0.4 is 0 Å². The van der Waals surface area contributed by atoms with E-state index in [-0.39, 0.29) is 11.7 Å². The van der Waals surface area contributed by atoms with Crippen molar-refractivity contribution in [2.24, 2.45) is 0 Å². The number of aliphatic hydroxyl groups is 1. The van der Waals surface area contributed by atoms with Gasteiger partial charge in [0.25, 0.3) is 0 Å². The summed E-state index contributed by atoms with van der Waals surface area (Å²) in [5, 5.41) is 9.54. The van der Waals surface area contributed by atoms with Crippen LogP contribution in [0.1, 0.15) is 31.7 Å². The van der Waals surface area contributed by atoms with E-state index in [1.54, 1.807) is 13.8 Å². The molecular formula is C8H10BrClF2N2O. The van der Waals surface area contributed by atoms with E-state index < -0.39 is 11.5 Å². The summed E-state index contributed by atoms with van der Waals surface area (Å²) in [6.07, 6.45) is -0.736. The van der Waals surface area contributed by atoms with E-state index in [9.17, 15) is 13.9 Å². The molecule has 1 N–H and O–H groups in total. The summed E-state index contributed by atoms with van der Waals surface area (Å²) < 4.78 is 27.1. The monoisotopic (exact) mass is 302 g/mol. The van der Waals surface area contributed by atoms with Crippen LogP contribution in [0.2, 0.25) is 0 Å². The predicted octanol–water partition coefficient (Wildman–Crippen LogP) is 3.09. The largest absolute Gasteiger partial charge is 0.379 e. The zero-order valence-corrected chi connectivity index (χ0v) is 10.4. The van der Waals surface area contributed by atoms with E-state index in [1.165, 1.54) is 10.9 Å². The molecule has 0 aliphatic rings. The molecule has 15 heavy (non-hydrogen) atoms. The minimum absolute atomic E-state index is 0.0231. The minimum atomic E-state index is -3.71. The van der Waals surface area contributed by atoms with Gasteiger partial charge in [0.15, 0.2) is 6.10 Å². The molecule has 0 aliphatic heterocycles. The third kappa shape index (κ3) is 2.68. The van der Waals surface area contributed by atoms with Crippen LogP contribution in [0.5, 0.6) is 0 Å². The molecule has 86 valence electrons. The van der Waals surface area contributed by atoms with Crippen molar-refractivity contribution in [1.29, 1.82) is 0 Å². The highest BCUT2D eigenvalue weighted by molar-refractivity contribution is 9.10. The highest BCUT2D eigenvalue weighted by Crippen LogP contribution is 2.38. The molecule has 3 nitrogen and oxygen atoms in total. The summed E-state index contributed by atoms with van der Waals surface area (Å²) in [5.41, 5.74) is -0.0231. The normalized spacial score (nSPS) is 14.7. The SMILES string of the molecule is CC(C)n1ncc(Br)c1C(O)C(F)(F)Cl. The van der Waals surface area contributed by atoms with E-state index in [0.29, 0.717) is 4.47 Å². The molecule has 0 bridgehead atoms. The van der Waals surface area contributed by atoms with Crippen molar-refractivity contribution in [2.75, 3.05) is 0 Å². The smallest absolute Gasteiger partial charge is 0.352 e. The molecule has 1 aromatic rings. The van der Waals surface area contributed by atoms with E-state index in [1.807, 2.05) is 0 Å². The molecule has 0 radical (unpaired) electrons. The summed E-state index contributed by atoms with van der Waals surface area (Å²) >= 11 is 7.82. The Kier molecular flexibility index (Phi) is 3.73. The van der Waals surface area contributed by atoms with Gasteiger partial charge in [-0.15, -0.1) is 0 Å². The lowest BCUT2D eigenvalue weighted by Gasteiger charge is -2.19. The van der Waals surface area contributed by atoms with Gasteiger partial charge in [-0.2, -0.15) is 13.9 Å². The molecular weight excluding hydrogens is 293 g/mol. The number of alkyl halides is 3. The first-order valence-electron chi connectivity index (χ1n) is 4.22. The van der Waals surface area contributed by atoms with Gasteiger partial charge in [0.05, 0.1) is 16.4 Å². The molecule has 1 aromatic heterocycles. The first-order valence-corrected chi connectivity index (χ1v) is 5.40. The molecule has 1 heterocycles. The Morgan fingerprint density at radius 1 is 1.60 bits per heavy atom. The van der Waals surface area contributed by atoms with Gasteiger partial charge in [-0.25, -0.2) is 0 Å².